The van der Waals surface area contributed by atoms with Crippen molar-refractivity contribution in [3.05, 3.63) is 30.1 Å². The summed E-state index contributed by atoms with van der Waals surface area (Å²) in [5.74, 6) is -0.476. The summed E-state index contributed by atoms with van der Waals surface area (Å²) in [5, 5.41) is 11.6. The highest BCUT2D eigenvalue weighted by molar-refractivity contribution is 5.81. The van der Waals surface area contributed by atoms with Gasteiger partial charge in [-0.25, -0.2) is 4.39 Å². The maximum atomic E-state index is 13.0. The molecule has 5 nitrogen and oxygen atoms in total. The average Bonchev–Trinajstić information content (AvgIpc) is 2.39. The molecule has 1 rings (SSSR count). The van der Waals surface area contributed by atoms with Gasteiger partial charge in [0.2, 0.25) is 0 Å². The third kappa shape index (κ3) is 5.54. The quantitative estimate of drug-likeness (QED) is 0.751. The van der Waals surface area contributed by atoms with Crippen molar-refractivity contribution in [2.24, 2.45) is 0 Å². The number of rotatable bonds is 8. The van der Waals surface area contributed by atoms with Crippen LogP contribution in [0.4, 0.5) is 4.39 Å². The molecular formula is C14H20FNO4. The highest BCUT2D eigenvalue weighted by atomic mass is 19.1. The predicted molar refractivity (Wildman–Crippen MR) is 72.0 cm³/mol. The van der Waals surface area contributed by atoms with Crippen molar-refractivity contribution in [2.45, 2.75) is 25.5 Å². The number of halogens is 1. The van der Waals surface area contributed by atoms with E-state index in [0.29, 0.717) is 13.0 Å². The summed E-state index contributed by atoms with van der Waals surface area (Å²) in [5.41, 5.74) is 0. The molecule has 0 fully saturated rings. The Labute approximate surface area is 117 Å². The molecule has 0 aromatic heterocycles. The molecule has 0 radical (unpaired) electrons. The number of aliphatic hydroxyl groups excluding tert-OH is 1. The van der Waals surface area contributed by atoms with Gasteiger partial charge in [-0.05, 0) is 25.5 Å². The minimum Gasteiger partial charge on any atom is -0.481 e. The fourth-order valence-electron chi connectivity index (χ4n) is 1.67. The molecule has 0 spiro atoms. The van der Waals surface area contributed by atoms with Gasteiger partial charge in [0.05, 0.1) is 12.6 Å². The average molecular weight is 285 g/mol. The lowest BCUT2D eigenvalue weighted by atomic mass is 10.2. The van der Waals surface area contributed by atoms with Crippen LogP contribution in [0.15, 0.2) is 24.3 Å². The Morgan fingerprint density at radius 3 is 2.85 bits per heavy atom. The van der Waals surface area contributed by atoms with Crippen LogP contribution in [0.5, 0.6) is 5.75 Å². The van der Waals surface area contributed by atoms with E-state index in [2.05, 4.69) is 5.32 Å². The number of ether oxygens (including phenoxy) is 2. The highest BCUT2D eigenvalue weighted by Crippen LogP contribution is 2.13. The first-order valence-corrected chi connectivity index (χ1v) is 6.39. The standard InChI is InChI=1S/C14H20FNO4/c1-10(20-13-5-3-4-11(15)8-13)14(18)16-12(6-7-17)9-19-2/h3-5,8,10,12,17H,6-7,9H2,1-2H3,(H,16,18). The van der Waals surface area contributed by atoms with Crippen LogP contribution in [0.3, 0.4) is 0 Å². The summed E-state index contributed by atoms with van der Waals surface area (Å²) < 4.78 is 23.3. The molecule has 2 unspecified atom stereocenters. The second kappa shape index (κ2) is 8.50. The minimum atomic E-state index is -0.769. The number of hydrogen-bond donors (Lipinski definition) is 2. The Kier molecular flexibility index (Phi) is 6.97. The largest absolute Gasteiger partial charge is 0.481 e. The Bertz CT molecular complexity index is 421. The van der Waals surface area contributed by atoms with Crippen LogP contribution in [0.1, 0.15) is 13.3 Å². The van der Waals surface area contributed by atoms with E-state index in [-0.39, 0.29) is 24.3 Å². The Balaban J connectivity index is 2.53. The van der Waals surface area contributed by atoms with E-state index in [1.165, 1.54) is 25.3 Å². The second-order valence-corrected chi connectivity index (χ2v) is 4.39. The number of carbonyl (C=O) groups excluding carboxylic acids is 1. The van der Waals surface area contributed by atoms with E-state index < -0.39 is 11.9 Å². The topological polar surface area (TPSA) is 67.8 Å². The molecule has 1 amide bonds. The van der Waals surface area contributed by atoms with Crippen molar-refractivity contribution in [3.63, 3.8) is 0 Å². The molecule has 112 valence electrons. The smallest absolute Gasteiger partial charge is 0.261 e. The van der Waals surface area contributed by atoms with Crippen LogP contribution in [0.2, 0.25) is 0 Å². The van der Waals surface area contributed by atoms with Crippen LogP contribution in [0.25, 0.3) is 0 Å². The van der Waals surface area contributed by atoms with Crippen LogP contribution in [0, 0.1) is 5.82 Å². The van der Waals surface area contributed by atoms with Crippen molar-refractivity contribution in [1.29, 1.82) is 0 Å². The number of hydrogen-bond acceptors (Lipinski definition) is 4. The Morgan fingerprint density at radius 1 is 1.50 bits per heavy atom. The molecule has 0 aliphatic carbocycles. The van der Waals surface area contributed by atoms with Crippen LogP contribution in [-0.2, 0) is 9.53 Å². The van der Waals surface area contributed by atoms with Gasteiger partial charge in [-0.1, -0.05) is 6.07 Å². The van der Waals surface area contributed by atoms with Gasteiger partial charge in [0.25, 0.3) is 5.91 Å². The highest BCUT2D eigenvalue weighted by Gasteiger charge is 2.19. The van der Waals surface area contributed by atoms with E-state index in [1.807, 2.05) is 0 Å². The van der Waals surface area contributed by atoms with Crippen LogP contribution < -0.4 is 10.1 Å². The molecule has 20 heavy (non-hydrogen) atoms. The summed E-state index contributed by atoms with van der Waals surface area (Å²) in [6.07, 6.45) is -0.374. The predicted octanol–water partition coefficient (Wildman–Crippen LogP) is 1.11. The van der Waals surface area contributed by atoms with Gasteiger partial charge in [0.1, 0.15) is 11.6 Å². The Morgan fingerprint density at radius 2 is 2.25 bits per heavy atom. The zero-order valence-corrected chi connectivity index (χ0v) is 11.6. The van der Waals surface area contributed by atoms with Crippen molar-refractivity contribution >= 4 is 5.91 Å². The number of carbonyl (C=O) groups is 1. The van der Waals surface area contributed by atoms with Gasteiger partial charge in [-0.3, -0.25) is 4.79 Å². The lowest BCUT2D eigenvalue weighted by Crippen LogP contribution is -2.44. The van der Waals surface area contributed by atoms with Crippen molar-refractivity contribution in [1.82, 2.24) is 5.32 Å². The number of methoxy groups -OCH3 is 1. The second-order valence-electron chi connectivity index (χ2n) is 4.39. The normalized spacial score (nSPS) is 13.6. The summed E-state index contributed by atoms with van der Waals surface area (Å²) >= 11 is 0. The van der Waals surface area contributed by atoms with Gasteiger partial charge >= 0.3 is 0 Å². The van der Waals surface area contributed by atoms with E-state index in [9.17, 15) is 9.18 Å². The zero-order chi connectivity index (χ0) is 15.0. The fraction of sp³-hybridized carbons (Fsp3) is 0.500. The van der Waals surface area contributed by atoms with Crippen LogP contribution >= 0.6 is 0 Å². The van der Waals surface area contributed by atoms with E-state index in [1.54, 1.807) is 13.0 Å². The fourth-order valence-corrected chi connectivity index (χ4v) is 1.67. The maximum absolute atomic E-state index is 13.0. The maximum Gasteiger partial charge on any atom is 0.261 e. The van der Waals surface area contributed by atoms with E-state index >= 15 is 0 Å². The number of nitrogens with one attached hydrogen (secondary N) is 1. The monoisotopic (exact) mass is 285 g/mol. The third-order valence-electron chi connectivity index (χ3n) is 2.67. The van der Waals surface area contributed by atoms with Gasteiger partial charge < -0.3 is 19.9 Å². The van der Waals surface area contributed by atoms with Crippen molar-refractivity contribution < 1.29 is 23.8 Å². The van der Waals surface area contributed by atoms with Gasteiger partial charge in [0.15, 0.2) is 6.10 Å². The minimum absolute atomic E-state index is 0.0482. The number of amides is 1. The molecule has 0 heterocycles. The molecule has 0 bridgehead atoms. The first-order chi connectivity index (χ1) is 9.56. The van der Waals surface area contributed by atoms with Crippen molar-refractivity contribution in [2.75, 3.05) is 20.3 Å². The number of benzene rings is 1. The zero-order valence-electron chi connectivity index (χ0n) is 11.6. The number of aliphatic hydroxyl groups is 1. The molecule has 0 saturated carbocycles. The molecule has 0 aliphatic rings. The molecule has 2 atom stereocenters. The molecule has 6 heteroatoms. The molecule has 0 saturated heterocycles. The first-order valence-electron chi connectivity index (χ1n) is 6.39. The summed E-state index contributed by atoms with van der Waals surface area (Å²) in [6.45, 7) is 1.83. The summed E-state index contributed by atoms with van der Waals surface area (Å²) in [6, 6.07) is 5.32. The molecule has 1 aromatic rings. The third-order valence-corrected chi connectivity index (χ3v) is 2.67. The molecule has 0 aliphatic heterocycles. The van der Waals surface area contributed by atoms with Gasteiger partial charge in [-0.2, -0.15) is 0 Å². The summed E-state index contributed by atoms with van der Waals surface area (Å²) in [4.78, 5) is 11.9. The lowest BCUT2D eigenvalue weighted by molar-refractivity contribution is -0.128. The molecule has 2 N–H and O–H groups in total. The SMILES string of the molecule is COCC(CCO)NC(=O)C(C)Oc1cccc(F)c1. The summed E-state index contributed by atoms with van der Waals surface area (Å²) in [7, 11) is 1.52. The molecule has 1 aromatic carbocycles. The Hall–Kier alpha value is -1.66. The van der Waals surface area contributed by atoms with Gasteiger partial charge in [-0.15, -0.1) is 0 Å². The lowest BCUT2D eigenvalue weighted by Gasteiger charge is -2.20. The first kappa shape index (κ1) is 16.4. The van der Waals surface area contributed by atoms with Crippen molar-refractivity contribution in [3.8, 4) is 5.75 Å². The van der Waals surface area contributed by atoms with Crippen LogP contribution in [-0.4, -0.2) is 43.5 Å². The van der Waals surface area contributed by atoms with E-state index in [0.717, 1.165) is 0 Å². The molecular weight excluding hydrogens is 265 g/mol. The van der Waals surface area contributed by atoms with E-state index in [4.69, 9.17) is 14.6 Å². The van der Waals surface area contributed by atoms with Gasteiger partial charge in [0, 0.05) is 19.8 Å².